The van der Waals surface area contributed by atoms with Crippen molar-refractivity contribution >= 4 is 11.9 Å². The smallest absolute Gasteiger partial charge is 0.243 e. The second kappa shape index (κ2) is 9.27. The zero-order chi connectivity index (χ0) is 18.9. The molecule has 0 bridgehead atoms. The molecule has 2 rings (SSSR count). The molecular weight excluding hydrogens is 336 g/mol. The van der Waals surface area contributed by atoms with Crippen molar-refractivity contribution in [3.63, 3.8) is 0 Å². The fourth-order valence-corrected chi connectivity index (χ4v) is 2.03. The van der Waals surface area contributed by atoms with Gasteiger partial charge in [-0.3, -0.25) is 0 Å². The van der Waals surface area contributed by atoms with E-state index in [1.54, 1.807) is 24.3 Å². The van der Waals surface area contributed by atoms with Gasteiger partial charge in [-0.2, -0.15) is 0 Å². The fraction of sp³-hybridized carbons (Fsp3) is 0.200. The second-order valence-corrected chi connectivity index (χ2v) is 5.38. The van der Waals surface area contributed by atoms with Gasteiger partial charge < -0.3 is 0 Å². The van der Waals surface area contributed by atoms with Crippen molar-refractivity contribution in [2.75, 3.05) is 0 Å². The van der Waals surface area contributed by atoms with Crippen molar-refractivity contribution in [1.29, 1.82) is 0 Å². The van der Waals surface area contributed by atoms with Crippen LogP contribution in [-0.2, 0) is 32.4 Å². The molecule has 2 aromatic rings. The molecule has 6 heteroatoms. The van der Waals surface area contributed by atoms with Crippen molar-refractivity contribution in [1.82, 2.24) is 0 Å². The summed E-state index contributed by atoms with van der Waals surface area (Å²) in [5.74, 6) is -1.93. The van der Waals surface area contributed by atoms with Crippen LogP contribution in [0.3, 0.4) is 0 Å². The highest BCUT2D eigenvalue weighted by atomic mass is 17.3. The molecule has 0 spiro atoms. The number of benzene rings is 2. The van der Waals surface area contributed by atoms with E-state index in [9.17, 15) is 9.59 Å². The second-order valence-electron chi connectivity index (χ2n) is 5.38. The van der Waals surface area contributed by atoms with Gasteiger partial charge in [0.05, 0.1) is 11.1 Å². The minimum Gasteiger partial charge on any atom is -0.243 e. The lowest BCUT2D eigenvalue weighted by Gasteiger charge is -2.07. The molecule has 26 heavy (non-hydrogen) atoms. The van der Waals surface area contributed by atoms with Gasteiger partial charge in [0.15, 0.2) is 0 Å². The third kappa shape index (κ3) is 5.37. The van der Waals surface area contributed by atoms with E-state index in [0.29, 0.717) is 11.1 Å². The summed E-state index contributed by atoms with van der Waals surface area (Å²) in [5, 5.41) is 0. The standard InChI is InChI=1S/C20H20O6/c1-4-15-6-10-17(11-7-15)19(21)25-23-14(3)24-26-20(22)18-12-8-16(5-2)9-13-18/h6-13H,3-5H2,1-2H3. The summed E-state index contributed by atoms with van der Waals surface area (Å²) in [6.45, 7) is 7.36. The van der Waals surface area contributed by atoms with E-state index in [1.165, 1.54) is 0 Å². The minimum absolute atomic E-state index is 0.308. The van der Waals surface area contributed by atoms with Crippen LogP contribution in [0.1, 0.15) is 45.7 Å². The van der Waals surface area contributed by atoms with E-state index in [0.717, 1.165) is 24.0 Å². The van der Waals surface area contributed by atoms with Crippen molar-refractivity contribution in [2.45, 2.75) is 26.7 Å². The summed E-state index contributed by atoms with van der Waals surface area (Å²) >= 11 is 0. The maximum absolute atomic E-state index is 11.8. The molecule has 136 valence electrons. The van der Waals surface area contributed by atoms with Crippen LogP contribution < -0.4 is 0 Å². The number of hydrogen-bond acceptors (Lipinski definition) is 6. The van der Waals surface area contributed by atoms with Gasteiger partial charge >= 0.3 is 17.9 Å². The molecule has 0 aliphatic heterocycles. The largest absolute Gasteiger partial charge is 0.386 e. The Kier molecular flexibility index (Phi) is 6.79. The average Bonchev–Trinajstić information content (AvgIpc) is 2.70. The number of hydrogen-bond donors (Lipinski definition) is 0. The van der Waals surface area contributed by atoms with Gasteiger partial charge in [-0.25, -0.2) is 29.1 Å². The van der Waals surface area contributed by atoms with Crippen LogP contribution in [0, 0.1) is 0 Å². The molecular formula is C20H20O6. The van der Waals surface area contributed by atoms with Crippen LogP contribution >= 0.6 is 0 Å². The highest BCUT2D eigenvalue weighted by Gasteiger charge is 2.13. The monoisotopic (exact) mass is 356 g/mol. The van der Waals surface area contributed by atoms with Crippen molar-refractivity contribution in [3.05, 3.63) is 83.3 Å². The first-order valence-electron chi connectivity index (χ1n) is 8.18. The van der Waals surface area contributed by atoms with Crippen molar-refractivity contribution in [3.8, 4) is 0 Å². The van der Waals surface area contributed by atoms with Gasteiger partial charge in [-0.05, 0) is 54.8 Å². The molecule has 0 saturated carbocycles. The van der Waals surface area contributed by atoms with Crippen LogP contribution in [0.5, 0.6) is 0 Å². The Hall–Kier alpha value is -3.28. The normalized spacial score (nSPS) is 9.92. The molecule has 0 radical (unpaired) electrons. The Morgan fingerprint density at radius 1 is 0.692 bits per heavy atom. The predicted molar refractivity (Wildman–Crippen MR) is 93.8 cm³/mol. The molecule has 0 aliphatic carbocycles. The summed E-state index contributed by atoms with van der Waals surface area (Å²) in [5.41, 5.74) is 2.80. The Balaban J connectivity index is 1.77. The first-order chi connectivity index (χ1) is 12.5. The highest BCUT2D eigenvalue weighted by molar-refractivity contribution is 5.89. The van der Waals surface area contributed by atoms with Gasteiger partial charge in [0.1, 0.15) is 0 Å². The molecule has 0 amide bonds. The van der Waals surface area contributed by atoms with E-state index >= 15 is 0 Å². The van der Waals surface area contributed by atoms with Gasteiger partial charge in [-0.1, -0.05) is 38.1 Å². The van der Waals surface area contributed by atoms with Crippen LogP contribution in [-0.4, -0.2) is 11.9 Å². The highest BCUT2D eigenvalue weighted by Crippen LogP contribution is 2.10. The van der Waals surface area contributed by atoms with Gasteiger partial charge in [-0.15, -0.1) is 0 Å². The molecule has 0 aromatic heterocycles. The summed E-state index contributed by atoms with van der Waals surface area (Å²) < 4.78 is 0. The maximum atomic E-state index is 11.8. The lowest BCUT2D eigenvalue weighted by Crippen LogP contribution is -2.10. The van der Waals surface area contributed by atoms with Crippen molar-refractivity contribution < 1.29 is 29.1 Å². The van der Waals surface area contributed by atoms with Crippen LogP contribution in [0.4, 0.5) is 0 Å². The number of rotatable bonds is 8. The Morgan fingerprint density at radius 2 is 1.04 bits per heavy atom. The first-order valence-corrected chi connectivity index (χ1v) is 8.18. The summed E-state index contributed by atoms with van der Waals surface area (Å²) in [6, 6.07) is 13.7. The third-order valence-corrected chi connectivity index (χ3v) is 3.62. The minimum atomic E-state index is -0.723. The molecule has 2 aromatic carbocycles. The van der Waals surface area contributed by atoms with E-state index in [1.807, 2.05) is 38.1 Å². The van der Waals surface area contributed by atoms with Crippen LogP contribution in [0.25, 0.3) is 0 Å². The van der Waals surface area contributed by atoms with Gasteiger partial charge in [0, 0.05) is 0 Å². The quantitative estimate of drug-likeness (QED) is 0.402. The molecule has 0 unspecified atom stereocenters. The lowest BCUT2D eigenvalue weighted by atomic mass is 10.1. The van der Waals surface area contributed by atoms with E-state index in [2.05, 4.69) is 26.1 Å². The summed E-state index contributed by atoms with van der Waals surface area (Å²) in [6.07, 6.45) is 1.73. The molecule has 6 nitrogen and oxygen atoms in total. The molecule has 0 atom stereocenters. The molecule has 0 saturated heterocycles. The number of carbonyl (C=O) groups is 2. The topological polar surface area (TPSA) is 71.1 Å². The summed E-state index contributed by atoms with van der Waals surface area (Å²) in [7, 11) is 0. The van der Waals surface area contributed by atoms with Gasteiger partial charge in [0.2, 0.25) is 0 Å². The fourth-order valence-electron chi connectivity index (χ4n) is 2.03. The van der Waals surface area contributed by atoms with E-state index in [-0.39, 0.29) is 0 Å². The molecule has 0 fully saturated rings. The van der Waals surface area contributed by atoms with Crippen LogP contribution in [0.2, 0.25) is 0 Å². The zero-order valence-electron chi connectivity index (χ0n) is 14.7. The van der Waals surface area contributed by atoms with Crippen LogP contribution in [0.15, 0.2) is 61.1 Å². The Bertz CT molecular complexity index is 696. The summed E-state index contributed by atoms with van der Waals surface area (Å²) in [4.78, 5) is 42.0. The van der Waals surface area contributed by atoms with E-state index < -0.39 is 17.9 Å². The predicted octanol–water partition coefficient (Wildman–Crippen LogP) is 4.16. The molecule has 0 aliphatic rings. The SMILES string of the molecule is C=C(OOC(=O)c1ccc(CC)cc1)OOC(=O)c1ccc(CC)cc1. The first kappa shape index (κ1) is 19.1. The van der Waals surface area contributed by atoms with E-state index in [4.69, 9.17) is 0 Å². The van der Waals surface area contributed by atoms with Crippen molar-refractivity contribution in [2.24, 2.45) is 0 Å². The molecule has 0 N–H and O–H groups in total. The average molecular weight is 356 g/mol. The zero-order valence-corrected chi connectivity index (χ0v) is 14.7. The maximum Gasteiger partial charge on any atom is 0.386 e. The Morgan fingerprint density at radius 3 is 1.35 bits per heavy atom. The molecule has 0 heterocycles. The number of carbonyl (C=O) groups excluding carboxylic acids is 2. The third-order valence-electron chi connectivity index (χ3n) is 3.62. The Labute approximate surface area is 151 Å². The number of aryl methyl sites for hydroxylation is 2. The lowest BCUT2D eigenvalue weighted by molar-refractivity contribution is -0.317. The van der Waals surface area contributed by atoms with Gasteiger partial charge in [0.25, 0.3) is 0 Å².